The lowest BCUT2D eigenvalue weighted by molar-refractivity contribution is -0.137. The normalized spacial score (nSPS) is 22.8. The Morgan fingerprint density at radius 2 is 2.05 bits per heavy atom. The van der Waals surface area contributed by atoms with Crippen molar-refractivity contribution in [3.63, 3.8) is 0 Å². The summed E-state index contributed by atoms with van der Waals surface area (Å²) in [6.07, 6.45) is 5.00. The van der Waals surface area contributed by atoms with E-state index in [1.54, 1.807) is 0 Å². The first-order valence-electron chi connectivity index (χ1n) is 8.23. The lowest BCUT2D eigenvalue weighted by Gasteiger charge is -2.40. The second-order valence-corrected chi connectivity index (χ2v) is 6.28. The van der Waals surface area contributed by atoms with Crippen molar-refractivity contribution in [1.29, 1.82) is 0 Å². The maximum Gasteiger partial charge on any atom is 0.224 e. The summed E-state index contributed by atoms with van der Waals surface area (Å²) < 4.78 is 0. The van der Waals surface area contributed by atoms with Crippen molar-refractivity contribution in [2.75, 3.05) is 6.54 Å². The SMILES string of the molecule is CCCC1C(C)CCCN1C(=O)CC(N)c1ccccc1.Cl. The molecule has 3 unspecified atom stereocenters. The van der Waals surface area contributed by atoms with Gasteiger partial charge >= 0.3 is 0 Å². The quantitative estimate of drug-likeness (QED) is 0.892. The van der Waals surface area contributed by atoms with Gasteiger partial charge in [0, 0.05) is 25.0 Å². The molecule has 0 aromatic heterocycles. The molecule has 0 radical (unpaired) electrons. The summed E-state index contributed by atoms with van der Waals surface area (Å²) in [7, 11) is 0. The van der Waals surface area contributed by atoms with Crippen molar-refractivity contribution < 1.29 is 4.79 Å². The van der Waals surface area contributed by atoms with E-state index in [1.807, 2.05) is 30.3 Å². The van der Waals surface area contributed by atoms with Crippen LogP contribution in [0, 0.1) is 5.92 Å². The third-order valence-corrected chi connectivity index (χ3v) is 4.64. The molecular weight excluding hydrogens is 296 g/mol. The molecule has 1 aromatic rings. The number of hydrogen-bond acceptors (Lipinski definition) is 2. The van der Waals surface area contributed by atoms with E-state index in [9.17, 15) is 4.79 Å². The Balaban J connectivity index is 0.00000242. The molecule has 1 saturated heterocycles. The number of rotatable bonds is 5. The number of hydrogen-bond donors (Lipinski definition) is 1. The minimum absolute atomic E-state index is 0. The predicted octanol–water partition coefficient (Wildman–Crippen LogP) is 3.93. The summed E-state index contributed by atoms with van der Waals surface area (Å²) in [4.78, 5) is 14.8. The van der Waals surface area contributed by atoms with Gasteiger partial charge in [0.05, 0.1) is 0 Å². The first-order valence-corrected chi connectivity index (χ1v) is 8.23. The molecule has 1 heterocycles. The molecule has 1 amide bonds. The van der Waals surface area contributed by atoms with E-state index < -0.39 is 0 Å². The highest BCUT2D eigenvalue weighted by atomic mass is 35.5. The van der Waals surface area contributed by atoms with E-state index in [4.69, 9.17) is 5.73 Å². The van der Waals surface area contributed by atoms with Crippen LogP contribution in [0.3, 0.4) is 0 Å². The number of piperidine rings is 1. The molecule has 124 valence electrons. The summed E-state index contributed by atoms with van der Waals surface area (Å²) in [5.74, 6) is 0.826. The van der Waals surface area contributed by atoms with Crippen LogP contribution >= 0.6 is 12.4 Å². The van der Waals surface area contributed by atoms with Gasteiger partial charge in [0.1, 0.15) is 0 Å². The van der Waals surface area contributed by atoms with Crippen LogP contribution in [-0.4, -0.2) is 23.4 Å². The van der Waals surface area contributed by atoms with Gasteiger partial charge in [-0.1, -0.05) is 50.6 Å². The monoisotopic (exact) mass is 324 g/mol. The van der Waals surface area contributed by atoms with Crippen molar-refractivity contribution in [3.8, 4) is 0 Å². The number of halogens is 1. The summed E-state index contributed by atoms with van der Waals surface area (Å²) in [5.41, 5.74) is 7.25. The van der Waals surface area contributed by atoms with Crippen LogP contribution in [-0.2, 0) is 4.79 Å². The first-order chi connectivity index (χ1) is 10.1. The Morgan fingerprint density at radius 3 is 2.68 bits per heavy atom. The average molecular weight is 325 g/mol. The number of nitrogens with zero attached hydrogens (tertiary/aromatic N) is 1. The van der Waals surface area contributed by atoms with Gasteiger partial charge in [-0.15, -0.1) is 12.4 Å². The molecule has 3 atom stereocenters. The number of carbonyl (C=O) groups excluding carboxylic acids is 1. The van der Waals surface area contributed by atoms with Crippen LogP contribution in [0.4, 0.5) is 0 Å². The molecule has 1 aromatic carbocycles. The molecule has 3 nitrogen and oxygen atoms in total. The fraction of sp³-hybridized carbons (Fsp3) is 0.611. The number of amides is 1. The van der Waals surface area contributed by atoms with Crippen LogP contribution in [0.15, 0.2) is 30.3 Å². The molecule has 0 aliphatic carbocycles. The van der Waals surface area contributed by atoms with Gasteiger partial charge in [-0.25, -0.2) is 0 Å². The van der Waals surface area contributed by atoms with E-state index in [-0.39, 0.29) is 24.4 Å². The van der Waals surface area contributed by atoms with E-state index in [1.165, 1.54) is 6.42 Å². The van der Waals surface area contributed by atoms with Gasteiger partial charge < -0.3 is 10.6 Å². The van der Waals surface area contributed by atoms with Crippen LogP contribution < -0.4 is 5.73 Å². The van der Waals surface area contributed by atoms with Crippen molar-refractivity contribution in [3.05, 3.63) is 35.9 Å². The van der Waals surface area contributed by atoms with Gasteiger partial charge in [-0.3, -0.25) is 4.79 Å². The molecule has 0 saturated carbocycles. The maximum atomic E-state index is 12.7. The van der Waals surface area contributed by atoms with Gasteiger partial charge in [0.15, 0.2) is 0 Å². The zero-order valence-electron chi connectivity index (χ0n) is 13.7. The van der Waals surface area contributed by atoms with Crippen LogP contribution in [0.25, 0.3) is 0 Å². The van der Waals surface area contributed by atoms with Gasteiger partial charge in [0.2, 0.25) is 5.91 Å². The fourth-order valence-electron chi connectivity index (χ4n) is 3.42. The Hall–Kier alpha value is -1.06. The Bertz CT molecular complexity index is 452. The number of likely N-dealkylation sites (tertiary alicyclic amines) is 1. The first kappa shape index (κ1) is 19.0. The fourth-order valence-corrected chi connectivity index (χ4v) is 3.42. The summed E-state index contributed by atoms with van der Waals surface area (Å²) in [6.45, 7) is 5.37. The van der Waals surface area contributed by atoms with Gasteiger partial charge in [-0.2, -0.15) is 0 Å². The molecule has 0 bridgehead atoms. The van der Waals surface area contributed by atoms with Crippen LogP contribution in [0.2, 0.25) is 0 Å². The van der Waals surface area contributed by atoms with Crippen molar-refractivity contribution >= 4 is 18.3 Å². The molecule has 2 rings (SSSR count). The van der Waals surface area contributed by atoms with Crippen molar-refractivity contribution in [1.82, 2.24) is 4.90 Å². The van der Waals surface area contributed by atoms with E-state index in [2.05, 4.69) is 18.7 Å². The van der Waals surface area contributed by atoms with E-state index >= 15 is 0 Å². The average Bonchev–Trinajstić information content (AvgIpc) is 2.50. The highest BCUT2D eigenvalue weighted by molar-refractivity contribution is 5.85. The third-order valence-electron chi connectivity index (χ3n) is 4.64. The topological polar surface area (TPSA) is 46.3 Å². The lowest BCUT2D eigenvalue weighted by Crippen LogP contribution is -2.48. The highest BCUT2D eigenvalue weighted by Gasteiger charge is 2.31. The Kier molecular flexibility index (Phi) is 7.91. The summed E-state index contributed by atoms with van der Waals surface area (Å²) >= 11 is 0. The number of nitrogens with two attached hydrogens (primary N) is 1. The van der Waals surface area contributed by atoms with Gasteiger partial charge in [0.25, 0.3) is 0 Å². The molecule has 1 fully saturated rings. The zero-order valence-corrected chi connectivity index (χ0v) is 14.5. The molecular formula is C18H29ClN2O. The largest absolute Gasteiger partial charge is 0.339 e. The van der Waals surface area contributed by atoms with Crippen molar-refractivity contribution in [2.24, 2.45) is 11.7 Å². The summed E-state index contributed by atoms with van der Waals surface area (Å²) in [6, 6.07) is 10.1. The second kappa shape index (κ2) is 9.16. The number of carbonyl (C=O) groups is 1. The third kappa shape index (κ3) is 4.72. The molecule has 22 heavy (non-hydrogen) atoms. The molecule has 2 N–H and O–H groups in total. The molecule has 1 aliphatic rings. The zero-order chi connectivity index (χ0) is 15.2. The van der Waals surface area contributed by atoms with E-state index in [0.717, 1.165) is 31.4 Å². The minimum atomic E-state index is -0.196. The standard InChI is InChI=1S/C18H28N2O.ClH/c1-3-8-17-14(2)9-7-12-20(17)18(21)13-16(19)15-10-5-4-6-11-15;/h4-6,10-11,14,16-17H,3,7-9,12-13,19H2,1-2H3;1H. The van der Waals surface area contributed by atoms with Crippen LogP contribution in [0.5, 0.6) is 0 Å². The van der Waals surface area contributed by atoms with Crippen molar-refractivity contribution in [2.45, 2.75) is 58.0 Å². The lowest BCUT2D eigenvalue weighted by atomic mass is 9.87. The molecule has 0 spiro atoms. The predicted molar refractivity (Wildman–Crippen MR) is 94.0 cm³/mol. The second-order valence-electron chi connectivity index (χ2n) is 6.28. The van der Waals surface area contributed by atoms with Crippen LogP contribution in [0.1, 0.15) is 57.6 Å². The van der Waals surface area contributed by atoms with Gasteiger partial charge in [-0.05, 0) is 30.7 Å². The maximum absolute atomic E-state index is 12.7. The Morgan fingerprint density at radius 1 is 1.36 bits per heavy atom. The molecule has 1 aliphatic heterocycles. The Labute approximate surface area is 140 Å². The summed E-state index contributed by atoms with van der Waals surface area (Å²) in [5, 5.41) is 0. The molecule has 4 heteroatoms. The minimum Gasteiger partial charge on any atom is -0.339 e. The highest BCUT2D eigenvalue weighted by Crippen LogP contribution is 2.28. The number of benzene rings is 1. The smallest absolute Gasteiger partial charge is 0.224 e. The van der Waals surface area contributed by atoms with E-state index in [0.29, 0.717) is 18.4 Å².